The van der Waals surface area contributed by atoms with Crippen LogP contribution in [0.2, 0.25) is 0 Å². The monoisotopic (exact) mass is 564 g/mol. The second kappa shape index (κ2) is 14.6. The number of nitrogens with one attached hydrogen (secondary N) is 2. The van der Waals surface area contributed by atoms with Crippen LogP contribution in [0.5, 0.6) is 0 Å². The van der Waals surface area contributed by atoms with E-state index in [1.165, 1.54) is 18.2 Å². The summed E-state index contributed by atoms with van der Waals surface area (Å²) in [6.07, 6.45) is -3.43. The van der Waals surface area contributed by atoms with E-state index in [0.29, 0.717) is 28.8 Å². The summed E-state index contributed by atoms with van der Waals surface area (Å²) in [6.45, 7) is 2.05. The van der Waals surface area contributed by atoms with Crippen LogP contribution in [0.15, 0.2) is 97.2 Å². The van der Waals surface area contributed by atoms with Gasteiger partial charge in [-0.3, -0.25) is 4.98 Å². The standard InChI is InChI=1S/C24H20F3NO4.C7H9N2/c1-15(16-10-12-18(13-11-16)24(25,26)27)32-23(31)28-14-17-6-2-3-7-19(17)20-8-4-5-9-21(20)22(29)30;8-5-4-7-3-1-2-6-9-7/h2-13,15H,14H2,1H3,(H,28,31)(H,29,30);1-3,6,8H,4-5H2/q;-1. The molecule has 0 spiro atoms. The van der Waals surface area contributed by atoms with Gasteiger partial charge >= 0.3 is 18.2 Å². The van der Waals surface area contributed by atoms with Crippen molar-refractivity contribution < 1.29 is 32.6 Å². The van der Waals surface area contributed by atoms with Gasteiger partial charge in [0.05, 0.1) is 11.1 Å². The molecule has 0 fully saturated rings. The van der Waals surface area contributed by atoms with Crippen molar-refractivity contribution in [1.82, 2.24) is 10.3 Å². The Morgan fingerprint density at radius 3 is 2.17 bits per heavy atom. The number of alkyl halides is 3. The summed E-state index contributed by atoms with van der Waals surface area (Å²) in [5.41, 5.74) is 9.54. The van der Waals surface area contributed by atoms with Crippen molar-refractivity contribution in [2.24, 2.45) is 0 Å². The number of pyridine rings is 1. The summed E-state index contributed by atoms with van der Waals surface area (Å²) in [7, 11) is 0. The van der Waals surface area contributed by atoms with Crippen molar-refractivity contribution in [2.75, 3.05) is 6.54 Å². The first kappa shape index (κ1) is 30.8. The minimum atomic E-state index is -4.44. The van der Waals surface area contributed by atoms with Crippen LogP contribution >= 0.6 is 0 Å². The van der Waals surface area contributed by atoms with E-state index >= 15 is 0 Å². The number of benzene rings is 3. The number of aromatic nitrogens is 1. The average Bonchev–Trinajstić information content (AvgIpc) is 2.97. The number of hydrogen-bond donors (Lipinski definition) is 2. The Bertz CT molecular complexity index is 1430. The number of amides is 1. The Hall–Kier alpha value is -4.70. The zero-order valence-electron chi connectivity index (χ0n) is 22.2. The van der Waals surface area contributed by atoms with Gasteiger partial charge in [-0.05, 0) is 65.9 Å². The highest BCUT2D eigenvalue weighted by Gasteiger charge is 2.30. The van der Waals surface area contributed by atoms with Crippen molar-refractivity contribution in [2.45, 2.75) is 32.2 Å². The van der Waals surface area contributed by atoms with Crippen LogP contribution in [-0.2, 0) is 23.9 Å². The fraction of sp³-hybridized carbons (Fsp3) is 0.194. The Labute approximate surface area is 235 Å². The Morgan fingerprint density at radius 1 is 0.927 bits per heavy atom. The van der Waals surface area contributed by atoms with Gasteiger partial charge < -0.3 is 20.9 Å². The molecule has 10 heteroatoms. The molecule has 0 saturated heterocycles. The van der Waals surface area contributed by atoms with E-state index in [4.69, 9.17) is 10.5 Å². The zero-order valence-corrected chi connectivity index (χ0v) is 22.2. The first-order valence-electron chi connectivity index (χ1n) is 12.7. The summed E-state index contributed by atoms with van der Waals surface area (Å²) in [5, 5.41) is 12.1. The Morgan fingerprint density at radius 2 is 1.56 bits per heavy atom. The lowest BCUT2D eigenvalue weighted by Crippen LogP contribution is -2.25. The smallest absolute Gasteiger partial charge is 0.416 e. The maximum atomic E-state index is 12.7. The molecule has 7 nitrogen and oxygen atoms in total. The molecule has 1 atom stereocenters. The lowest BCUT2D eigenvalue weighted by Gasteiger charge is -2.16. The molecule has 214 valence electrons. The van der Waals surface area contributed by atoms with Crippen molar-refractivity contribution in [3.05, 3.63) is 131 Å². The fourth-order valence-electron chi connectivity index (χ4n) is 3.90. The lowest BCUT2D eigenvalue weighted by atomic mass is 9.95. The molecule has 3 N–H and O–H groups in total. The van der Waals surface area contributed by atoms with Crippen molar-refractivity contribution >= 4 is 12.1 Å². The van der Waals surface area contributed by atoms with Gasteiger partial charge in [0.1, 0.15) is 6.10 Å². The molecule has 1 heterocycles. The number of carbonyl (C=O) groups excluding carboxylic acids is 1. The van der Waals surface area contributed by atoms with Gasteiger partial charge in [0, 0.05) is 18.4 Å². The number of hydrogen-bond acceptors (Lipinski definition) is 4. The van der Waals surface area contributed by atoms with Gasteiger partial charge in [-0.15, -0.1) is 6.54 Å². The van der Waals surface area contributed by atoms with E-state index in [9.17, 15) is 27.9 Å². The second-order valence-electron chi connectivity index (χ2n) is 8.85. The predicted octanol–water partition coefficient (Wildman–Crippen LogP) is 7.73. The topological polar surface area (TPSA) is 112 Å². The van der Waals surface area contributed by atoms with Crippen LogP contribution < -0.4 is 5.32 Å². The van der Waals surface area contributed by atoms with Crippen LogP contribution in [0.1, 0.15) is 45.8 Å². The summed E-state index contributed by atoms with van der Waals surface area (Å²) < 4.78 is 43.3. The number of halogens is 3. The third-order valence-electron chi connectivity index (χ3n) is 5.99. The van der Waals surface area contributed by atoms with E-state index in [1.54, 1.807) is 55.6 Å². The van der Waals surface area contributed by atoms with E-state index in [-0.39, 0.29) is 12.1 Å². The molecular formula is C31H29F3N3O4-. The van der Waals surface area contributed by atoms with Crippen molar-refractivity contribution in [3.8, 4) is 11.1 Å². The summed E-state index contributed by atoms with van der Waals surface area (Å²) in [4.78, 5) is 27.8. The number of ether oxygens (including phenoxy) is 1. The van der Waals surface area contributed by atoms with Gasteiger partial charge in [0.15, 0.2) is 0 Å². The number of rotatable bonds is 8. The number of carboxylic acids is 1. The molecule has 4 aromatic rings. The van der Waals surface area contributed by atoms with Gasteiger partial charge in [-0.1, -0.05) is 60.7 Å². The van der Waals surface area contributed by atoms with Crippen LogP contribution in [0.25, 0.3) is 16.9 Å². The molecule has 0 aliphatic carbocycles. The largest absolute Gasteiger partial charge is 0.677 e. The molecule has 0 aliphatic rings. The molecule has 41 heavy (non-hydrogen) atoms. The molecular weight excluding hydrogens is 535 g/mol. The molecule has 1 amide bonds. The first-order chi connectivity index (χ1) is 19.6. The highest BCUT2D eigenvalue weighted by atomic mass is 19.4. The molecule has 0 aliphatic heterocycles. The summed E-state index contributed by atoms with van der Waals surface area (Å²) in [6, 6.07) is 23.8. The van der Waals surface area contributed by atoms with Gasteiger partial charge in [0.2, 0.25) is 0 Å². The summed E-state index contributed by atoms with van der Waals surface area (Å²) >= 11 is 0. The normalized spacial score (nSPS) is 11.5. The molecule has 1 aromatic heterocycles. The highest BCUT2D eigenvalue weighted by Crippen LogP contribution is 2.30. The van der Waals surface area contributed by atoms with E-state index < -0.39 is 29.9 Å². The van der Waals surface area contributed by atoms with Crippen LogP contribution in [-0.4, -0.2) is 28.7 Å². The van der Waals surface area contributed by atoms with Crippen molar-refractivity contribution in [1.29, 1.82) is 0 Å². The quantitative estimate of drug-likeness (QED) is 0.227. The van der Waals surface area contributed by atoms with Crippen LogP contribution in [0, 0.1) is 0 Å². The third-order valence-corrected chi connectivity index (χ3v) is 5.99. The number of carboxylic acid groups (broad SMARTS) is 1. The van der Waals surface area contributed by atoms with Gasteiger partial charge in [0.25, 0.3) is 0 Å². The molecule has 1 unspecified atom stereocenters. The summed E-state index contributed by atoms with van der Waals surface area (Å²) in [5.74, 6) is -1.06. The first-order valence-corrected chi connectivity index (χ1v) is 12.7. The number of alkyl carbamates (subject to hydrolysis) is 1. The van der Waals surface area contributed by atoms with Crippen LogP contribution in [0.4, 0.5) is 18.0 Å². The second-order valence-corrected chi connectivity index (χ2v) is 8.85. The molecule has 4 rings (SSSR count). The molecule has 0 bridgehead atoms. The number of carbonyl (C=O) groups is 2. The number of aromatic carboxylic acids is 1. The van der Waals surface area contributed by atoms with Gasteiger partial charge in [-0.2, -0.15) is 13.2 Å². The minimum Gasteiger partial charge on any atom is -0.677 e. The van der Waals surface area contributed by atoms with E-state index in [0.717, 1.165) is 24.2 Å². The molecule has 0 radical (unpaired) electrons. The Balaban J connectivity index is 0.000000436. The lowest BCUT2D eigenvalue weighted by molar-refractivity contribution is -0.137. The zero-order chi connectivity index (χ0) is 29.8. The van der Waals surface area contributed by atoms with Crippen LogP contribution in [0.3, 0.4) is 0 Å². The maximum absolute atomic E-state index is 12.7. The number of nitrogens with zero attached hydrogens (tertiary/aromatic N) is 1. The fourth-order valence-corrected chi connectivity index (χ4v) is 3.90. The maximum Gasteiger partial charge on any atom is 0.416 e. The Kier molecular flexibility index (Phi) is 11.0. The predicted molar refractivity (Wildman–Crippen MR) is 149 cm³/mol. The average molecular weight is 565 g/mol. The van der Waals surface area contributed by atoms with Crippen molar-refractivity contribution in [3.63, 3.8) is 0 Å². The molecule has 3 aromatic carbocycles. The molecule has 0 saturated carbocycles. The van der Waals surface area contributed by atoms with E-state index in [1.807, 2.05) is 18.2 Å². The third kappa shape index (κ3) is 9.18. The minimum absolute atomic E-state index is 0.0721. The van der Waals surface area contributed by atoms with E-state index in [2.05, 4.69) is 10.3 Å². The van der Waals surface area contributed by atoms with Gasteiger partial charge in [-0.25, -0.2) is 9.59 Å². The highest BCUT2D eigenvalue weighted by molar-refractivity contribution is 5.96. The SMILES string of the molecule is CC(OC(=O)NCc1ccccc1-c1ccccc1C(=O)O)c1ccc(C(F)(F)F)cc1.[NH-]CCc1ccccn1.